The molecule has 0 spiro atoms. The van der Waals surface area contributed by atoms with Gasteiger partial charge in [-0.1, -0.05) is 0 Å². The summed E-state index contributed by atoms with van der Waals surface area (Å²) in [5.41, 5.74) is 0.571. The number of aromatic nitrogens is 3. The summed E-state index contributed by atoms with van der Waals surface area (Å²) in [5, 5.41) is 21.9. The van der Waals surface area contributed by atoms with Gasteiger partial charge in [0.2, 0.25) is 0 Å². The van der Waals surface area contributed by atoms with Crippen molar-refractivity contribution in [2.45, 2.75) is 18.8 Å². The molecule has 2 aromatic rings. The highest BCUT2D eigenvalue weighted by molar-refractivity contribution is 5.95. The number of carbonyl (C=O) groups is 2. The monoisotopic (exact) mass is 247 g/mol. The number of aromatic carboxylic acids is 2. The first-order valence-corrected chi connectivity index (χ1v) is 5.43. The molecular weight excluding hydrogens is 238 g/mol. The Morgan fingerprint density at radius 1 is 1.28 bits per heavy atom. The Kier molecular flexibility index (Phi) is 2.09. The minimum Gasteiger partial charge on any atom is -0.477 e. The molecule has 3 rings (SSSR count). The van der Waals surface area contributed by atoms with Gasteiger partial charge in [0.05, 0.1) is 6.20 Å². The second kappa shape index (κ2) is 3.52. The van der Waals surface area contributed by atoms with Crippen LogP contribution in [-0.2, 0) is 0 Å². The third kappa shape index (κ3) is 1.52. The van der Waals surface area contributed by atoms with Crippen molar-refractivity contribution < 1.29 is 19.8 Å². The van der Waals surface area contributed by atoms with Crippen molar-refractivity contribution in [1.29, 1.82) is 0 Å². The van der Waals surface area contributed by atoms with Crippen LogP contribution in [0.3, 0.4) is 0 Å². The topological polar surface area (TPSA) is 105 Å². The van der Waals surface area contributed by atoms with E-state index in [4.69, 9.17) is 10.2 Å². The molecule has 2 heterocycles. The van der Waals surface area contributed by atoms with Crippen LogP contribution < -0.4 is 0 Å². The van der Waals surface area contributed by atoms with Crippen LogP contribution in [0.4, 0.5) is 0 Å². The number of carboxylic acid groups (broad SMARTS) is 2. The summed E-state index contributed by atoms with van der Waals surface area (Å²) in [6, 6.07) is 1.46. The third-order valence-corrected chi connectivity index (χ3v) is 2.94. The largest absolute Gasteiger partial charge is 0.477 e. The highest BCUT2D eigenvalue weighted by Crippen LogP contribution is 2.39. The molecule has 2 N–H and O–H groups in total. The van der Waals surface area contributed by atoms with Crippen LogP contribution in [0.25, 0.3) is 5.65 Å². The van der Waals surface area contributed by atoms with Crippen molar-refractivity contribution in [2.75, 3.05) is 0 Å². The molecule has 92 valence electrons. The Bertz CT molecular complexity index is 672. The molecule has 18 heavy (non-hydrogen) atoms. The smallest absolute Gasteiger partial charge is 0.354 e. The van der Waals surface area contributed by atoms with Crippen molar-refractivity contribution in [1.82, 2.24) is 14.6 Å². The van der Waals surface area contributed by atoms with E-state index >= 15 is 0 Å². The van der Waals surface area contributed by atoms with E-state index in [0.717, 1.165) is 23.6 Å². The molecule has 7 nitrogen and oxygen atoms in total. The standard InChI is InChI=1S/C11H9N3O4/c15-10(16)6-4-12-14-8(11(17)18)3-7(5-1-2-5)13-9(6)14/h3-5H,1-2H2,(H,15,16)(H,17,18). The number of carboxylic acids is 2. The summed E-state index contributed by atoms with van der Waals surface area (Å²) in [5.74, 6) is -2.07. The lowest BCUT2D eigenvalue weighted by atomic mass is 10.2. The molecule has 1 aliphatic carbocycles. The molecule has 1 aliphatic rings. The lowest BCUT2D eigenvalue weighted by Crippen LogP contribution is -2.10. The highest BCUT2D eigenvalue weighted by Gasteiger charge is 2.28. The maximum absolute atomic E-state index is 11.2. The summed E-state index contributed by atoms with van der Waals surface area (Å²) in [6.45, 7) is 0. The Hall–Kier alpha value is -2.44. The molecule has 0 unspecified atom stereocenters. The molecule has 1 saturated carbocycles. The molecule has 1 fully saturated rings. The van der Waals surface area contributed by atoms with Gasteiger partial charge in [-0.15, -0.1) is 0 Å². The maximum atomic E-state index is 11.2. The molecular formula is C11H9N3O4. The molecule has 0 amide bonds. The fourth-order valence-corrected chi connectivity index (χ4v) is 1.87. The molecule has 7 heteroatoms. The molecule has 0 atom stereocenters. The van der Waals surface area contributed by atoms with Crippen molar-refractivity contribution >= 4 is 17.6 Å². The van der Waals surface area contributed by atoms with Crippen LogP contribution in [-0.4, -0.2) is 36.7 Å². The van der Waals surface area contributed by atoms with E-state index in [2.05, 4.69) is 10.1 Å². The molecule has 2 aromatic heterocycles. The Morgan fingerprint density at radius 2 is 2.00 bits per heavy atom. The zero-order valence-electron chi connectivity index (χ0n) is 9.20. The van der Waals surface area contributed by atoms with Gasteiger partial charge < -0.3 is 10.2 Å². The molecule has 0 saturated heterocycles. The van der Waals surface area contributed by atoms with Gasteiger partial charge >= 0.3 is 11.9 Å². The fraction of sp³-hybridized carbons (Fsp3) is 0.273. The normalized spacial score (nSPS) is 14.9. The lowest BCUT2D eigenvalue weighted by Gasteiger charge is -2.03. The van der Waals surface area contributed by atoms with Crippen molar-refractivity contribution in [2.24, 2.45) is 0 Å². The van der Waals surface area contributed by atoms with Crippen LogP contribution in [0.15, 0.2) is 12.3 Å². The summed E-state index contributed by atoms with van der Waals surface area (Å²) in [4.78, 5) is 26.4. The number of nitrogens with zero attached hydrogens (tertiary/aromatic N) is 3. The quantitative estimate of drug-likeness (QED) is 0.838. The average Bonchev–Trinajstić information content (AvgIpc) is 3.07. The Labute approximate surface area is 101 Å². The Balaban J connectivity index is 2.32. The number of hydrogen-bond acceptors (Lipinski definition) is 4. The van der Waals surface area contributed by atoms with Gasteiger partial charge in [-0.05, 0) is 18.9 Å². The number of rotatable bonds is 3. The SMILES string of the molecule is O=C(O)c1cnn2c(C(=O)O)cc(C3CC3)nc12. The minimum atomic E-state index is -1.17. The van der Waals surface area contributed by atoms with E-state index in [-0.39, 0.29) is 22.8 Å². The first-order chi connectivity index (χ1) is 8.58. The van der Waals surface area contributed by atoms with E-state index in [1.165, 1.54) is 6.07 Å². The maximum Gasteiger partial charge on any atom is 0.354 e. The molecule has 0 aliphatic heterocycles. The van der Waals surface area contributed by atoms with Crippen LogP contribution in [0.2, 0.25) is 0 Å². The minimum absolute atomic E-state index is 0.0607. The zero-order chi connectivity index (χ0) is 12.9. The molecule has 0 radical (unpaired) electrons. The predicted octanol–water partition coefficient (Wildman–Crippen LogP) is 1.00. The molecule has 0 bridgehead atoms. The van der Waals surface area contributed by atoms with Gasteiger partial charge in [0, 0.05) is 11.6 Å². The summed E-state index contributed by atoms with van der Waals surface area (Å²) in [7, 11) is 0. The molecule has 0 aromatic carbocycles. The van der Waals surface area contributed by atoms with E-state index in [1.807, 2.05) is 0 Å². The number of fused-ring (bicyclic) bond motifs is 1. The van der Waals surface area contributed by atoms with Gasteiger partial charge in [-0.25, -0.2) is 19.1 Å². The predicted molar refractivity (Wildman–Crippen MR) is 58.9 cm³/mol. The van der Waals surface area contributed by atoms with Gasteiger partial charge in [-0.2, -0.15) is 5.10 Å². The van der Waals surface area contributed by atoms with E-state index in [9.17, 15) is 9.59 Å². The van der Waals surface area contributed by atoms with Crippen molar-refractivity contribution in [3.8, 4) is 0 Å². The third-order valence-electron chi connectivity index (χ3n) is 2.94. The van der Waals surface area contributed by atoms with Crippen molar-refractivity contribution in [3.05, 3.63) is 29.2 Å². The van der Waals surface area contributed by atoms with Gasteiger partial charge in [0.25, 0.3) is 0 Å². The van der Waals surface area contributed by atoms with Gasteiger partial charge in [0.15, 0.2) is 11.3 Å². The van der Waals surface area contributed by atoms with E-state index in [0.29, 0.717) is 5.69 Å². The van der Waals surface area contributed by atoms with Crippen LogP contribution in [0.5, 0.6) is 0 Å². The first kappa shape index (κ1) is 10.7. The fourth-order valence-electron chi connectivity index (χ4n) is 1.87. The number of hydrogen-bond donors (Lipinski definition) is 2. The second-order valence-corrected chi connectivity index (χ2v) is 4.24. The lowest BCUT2D eigenvalue weighted by molar-refractivity contribution is 0.0678. The first-order valence-electron chi connectivity index (χ1n) is 5.43. The summed E-state index contributed by atoms with van der Waals surface area (Å²) < 4.78 is 1.05. The highest BCUT2D eigenvalue weighted by atomic mass is 16.4. The average molecular weight is 247 g/mol. The van der Waals surface area contributed by atoms with Gasteiger partial charge in [-0.3, -0.25) is 0 Å². The van der Waals surface area contributed by atoms with Gasteiger partial charge in [0.1, 0.15) is 5.56 Å². The Morgan fingerprint density at radius 3 is 2.56 bits per heavy atom. The van der Waals surface area contributed by atoms with Crippen molar-refractivity contribution in [3.63, 3.8) is 0 Å². The summed E-state index contributed by atoms with van der Waals surface area (Å²) >= 11 is 0. The summed E-state index contributed by atoms with van der Waals surface area (Å²) in [6.07, 6.45) is 3.03. The van der Waals surface area contributed by atoms with E-state index in [1.54, 1.807) is 0 Å². The van der Waals surface area contributed by atoms with Crippen LogP contribution >= 0.6 is 0 Å². The second-order valence-electron chi connectivity index (χ2n) is 4.24. The van der Waals surface area contributed by atoms with Crippen LogP contribution in [0, 0.1) is 0 Å². The van der Waals surface area contributed by atoms with Crippen LogP contribution in [0.1, 0.15) is 45.3 Å². The van der Waals surface area contributed by atoms with E-state index < -0.39 is 11.9 Å². The zero-order valence-corrected chi connectivity index (χ0v) is 9.20.